The summed E-state index contributed by atoms with van der Waals surface area (Å²) in [6, 6.07) is -0.819. The molecule has 26 heavy (non-hydrogen) atoms. The van der Waals surface area contributed by atoms with Crippen molar-refractivity contribution in [2.24, 2.45) is 0 Å². The first-order valence-corrected chi connectivity index (χ1v) is 8.16. The van der Waals surface area contributed by atoms with Crippen molar-refractivity contribution in [3.05, 3.63) is 0 Å². The molecule has 0 unspecified atom stereocenters. The van der Waals surface area contributed by atoms with Crippen molar-refractivity contribution in [3.8, 4) is 0 Å². The lowest BCUT2D eigenvalue weighted by molar-refractivity contribution is -0.273. The number of carbonyl (C=O) groups is 3. The fourth-order valence-electron chi connectivity index (χ4n) is 2.77. The van der Waals surface area contributed by atoms with Gasteiger partial charge in [-0.15, -0.1) is 0 Å². The Balaban J connectivity index is 3.01. The van der Waals surface area contributed by atoms with Crippen LogP contribution in [-0.4, -0.2) is 75.5 Å². The minimum absolute atomic E-state index is 0.292. The highest BCUT2D eigenvalue weighted by Crippen LogP contribution is 2.26. The van der Waals surface area contributed by atoms with Crippen molar-refractivity contribution >= 4 is 17.8 Å². The third-order valence-electron chi connectivity index (χ3n) is 3.89. The summed E-state index contributed by atoms with van der Waals surface area (Å²) >= 11 is 0. The average molecular weight is 379 g/mol. The highest BCUT2D eigenvalue weighted by molar-refractivity contribution is 5.83. The first-order valence-electron chi connectivity index (χ1n) is 8.16. The van der Waals surface area contributed by atoms with Crippen LogP contribution in [-0.2, 0) is 38.1 Å². The van der Waals surface area contributed by atoms with E-state index in [-0.39, 0.29) is 6.42 Å². The first kappa shape index (κ1) is 22.3. The van der Waals surface area contributed by atoms with E-state index in [1.165, 1.54) is 21.1 Å². The number of ether oxygens (including phenoxy) is 5. The van der Waals surface area contributed by atoms with Crippen molar-refractivity contribution in [2.75, 3.05) is 20.9 Å². The third kappa shape index (κ3) is 5.89. The molecular formula is C16H26FNO8. The topological polar surface area (TPSA) is 109 Å². The maximum Gasteiger partial charge on any atom is 0.303 e. The minimum Gasteiger partial charge on any atom is -0.457 e. The normalized spacial score (nSPS) is 29.5. The summed E-state index contributed by atoms with van der Waals surface area (Å²) in [7, 11) is 2.79. The molecule has 0 bridgehead atoms. The Kier molecular flexibility index (Phi) is 8.89. The van der Waals surface area contributed by atoms with Crippen LogP contribution in [0.3, 0.4) is 0 Å². The van der Waals surface area contributed by atoms with Crippen molar-refractivity contribution in [3.63, 3.8) is 0 Å². The molecule has 150 valence electrons. The molecule has 1 amide bonds. The van der Waals surface area contributed by atoms with Crippen LogP contribution in [0, 0.1) is 0 Å². The monoisotopic (exact) mass is 379 g/mol. The molecule has 1 aliphatic heterocycles. The maximum atomic E-state index is 12.7. The zero-order valence-electron chi connectivity index (χ0n) is 15.5. The van der Waals surface area contributed by atoms with Gasteiger partial charge in [-0.05, 0) is 6.92 Å². The molecule has 0 aromatic carbocycles. The molecule has 1 rings (SSSR count). The minimum atomic E-state index is -1.30. The van der Waals surface area contributed by atoms with Crippen molar-refractivity contribution in [1.82, 2.24) is 5.32 Å². The van der Waals surface area contributed by atoms with Gasteiger partial charge in [0, 0.05) is 34.5 Å². The van der Waals surface area contributed by atoms with Gasteiger partial charge in [0.25, 0.3) is 5.91 Å². The van der Waals surface area contributed by atoms with Crippen LogP contribution < -0.4 is 5.32 Å². The Morgan fingerprint density at radius 1 is 1.12 bits per heavy atom. The Morgan fingerprint density at radius 3 is 2.23 bits per heavy atom. The highest BCUT2D eigenvalue weighted by atomic mass is 19.1. The van der Waals surface area contributed by atoms with E-state index in [1.807, 2.05) is 0 Å². The van der Waals surface area contributed by atoms with Gasteiger partial charge in [0.15, 0.2) is 18.5 Å². The van der Waals surface area contributed by atoms with Crippen LogP contribution in [0.5, 0.6) is 0 Å². The Labute approximate surface area is 151 Å². The molecule has 1 N–H and O–H groups in total. The SMILES string of the molecule is CO[C@H]1O[C@H](C)[C@@H](NC(=O)[C@H](CCF)OC(C)=O)[C@H](OC(C)=O)[C@@H]1OC. The number of carbonyl (C=O) groups excluding carboxylic acids is 3. The summed E-state index contributed by atoms with van der Waals surface area (Å²) < 4.78 is 39.0. The molecule has 0 radical (unpaired) electrons. The summed E-state index contributed by atoms with van der Waals surface area (Å²) in [5.41, 5.74) is 0. The number of nitrogens with one attached hydrogen (secondary N) is 1. The number of amides is 1. The van der Waals surface area contributed by atoms with Crippen molar-refractivity contribution in [1.29, 1.82) is 0 Å². The molecule has 1 saturated heterocycles. The van der Waals surface area contributed by atoms with E-state index in [1.54, 1.807) is 6.92 Å². The van der Waals surface area contributed by atoms with Crippen molar-refractivity contribution < 1.29 is 42.5 Å². The van der Waals surface area contributed by atoms with Crippen molar-refractivity contribution in [2.45, 2.75) is 63.9 Å². The molecule has 10 heteroatoms. The number of hydrogen-bond acceptors (Lipinski definition) is 8. The van der Waals surface area contributed by atoms with E-state index in [9.17, 15) is 18.8 Å². The van der Waals surface area contributed by atoms with E-state index in [2.05, 4.69) is 5.32 Å². The Bertz CT molecular complexity index is 503. The van der Waals surface area contributed by atoms with E-state index in [0.717, 1.165) is 6.92 Å². The van der Waals surface area contributed by atoms with E-state index in [4.69, 9.17) is 23.7 Å². The molecule has 6 atom stereocenters. The molecule has 1 fully saturated rings. The molecule has 0 aliphatic carbocycles. The molecule has 0 aromatic heterocycles. The number of hydrogen-bond donors (Lipinski definition) is 1. The second-order valence-electron chi connectivity index (χ2n) is 5.83. The predicted octanol–water partition coefficient (Wildman–Crippen LogP) is 0.100. The zero-order chi connectivity index (χ0) is 19.9. The van der Waals surface area contributed by atoms with Gasteiger partial charge in [0.05, 0.1) is 18.8 Å². The van der Waals surface area contributed by atoms with Crippen LogP contribution in [0.25, 0.3) is 0 Å². The summed E-state index contributed by atoms with van der Waals surface area (Å²) in [5, 5.41) is 2.60. The summed E-state index contributed by atoms with van der Waals surface area (Å²) in [6.07, 6.45) is -4.76. The number of esters is 2. The molecule has 1 aliphatic rings. The lowest BCUT2D eigenvalue weighted by Crippen LogP contribution is -2.65. The molecule has 9 nitrogen and oxygen atoms in total. The number of halogens is 1. The van der Waals surface area contributed by atoms with Gasteiger partial charge in [-0.3, -0.25) is 18.8 Å². The Hall–Kier alpha value is -1.78. The summed E-state index contributed by atoms with van der Waals surface area (Å²) in [5.74, 6) is -2.01. The van der Waals surface area contributed by atoms with Crippen LogP contribution in [0.15, 0.2) is 0 Å². The molecule has 0 spiro atoms. The largest absolute Gasteiger partial charge is 0.457 e. The molecule has 1 heterocycles. The Morgan fingerprint density at radius 2 is 1.77 bits per heavy atom. The average Bonchev–Trinajstić information content (AvgIpc) is 2.56. The zero-order valence-corrected chi connectivity index (χ0v) is 15.5. The van der Waals surface area contributed by atoms with E-state index < -0.39 is 61.3 Å². The van der Waals surface area contributed by atoms with Crippen LogP contribution in [0.1, 0.15) is 27.2 Å². The first-order chi connectivity index (χ1) is 12.2. The van der Waals surface area contributed by atoms with E-state index in [0.29, 0.717) is 0 Å². The van der Waals surface area contributed by atoms with Gasteiger partial charge < -0.3 is 29.0 Å². The molecular weight excluding hydrogens is 353 g/mol. The lowest BCUT2D eigenvalue weighted by atomic mass is 9.96. The van der Waals surface area contributed by atoms with Gasteiger partial charge >= 0.3 is 11.9 Å². The van der Waals surface area contributed by atoms with Gasteiger partial charge in [-0.1, -0.05) is 0 Å². The number of methoxy groups -OCH3 is 2. The second kappa shape index (κ2) is 10.4. The fraction of sp³-hybridized carbons (Fsp3) is 0.812. The number of alkyl halides is 1. The molecule has 0 aromatic rings. The fourth-order valence-corrected chi connectivity index (χ4v) is 2.77. The highest BCUT2D eigenvalue weighted by Gasteiger charge is 2.48. The quantitative estimate of drug-likeness (QED) is 0.592. The summed E-state index contributed by atoms with van der Waals surface area (Å²) in [6.45, 7) is 3.15. The summed E-state index contributed by atoms with van der Waals surface area (Å²) in [4.78, 5) is 35.1. The number of rotatable bonds is 8. The van der Waals surface area contributed by atoms with Gasteiger partial charge in [0.1, 0.15) is 6.10 Å². The van der Waals surface area contributed by atoms with Gasteiger partial charge in [0.2, 0.25) is 0 Å². The van der Waals surface area contributed by atoms with Crippen LogP contribution in [0.2, 0.25) is 0 Å². The standard InChI is InChI=1S/C16H26FNO8/c1-8-12(18-15(21)11(6-7-17)25-9(2)19)13(26-10(3)20)14(22-4)16(23-5)24-8/h8,11-14,16H,6-7H2,1-5H3,(H,18,21)/t8-,11+,12-,13+,14+,16+/m1/s1. The smallest absolute Gasteiger partial charge is 0.303 e. The van der Waals surface area contributed by atoms with Crippen LogP contribution in [0.4, 0.5) is 4.39 Å². The molecule has 0 saturated carbocycles. The third-order valence-corrected chi connectivity index (χ3v) is 3.89. The van der Waals surface area contributed by atoms with Gasteiger partial charge in [-0.2, -0.15) is 0 Å². The lowest BCUT2D eigenvalue weighted by Gasteiger charge is -2.44. The van der Waals surface area contributed by atoms with Crippen LogP contribution >= 0.6 is 0 Å². The van der Waals surface area contributed by atoms with Gasteiger partial charge in [-0.25, -0.2) is 0 Å². The second-order valence-corrected chi connectivity index (χ2v) is 5.83. The maximum absolute atomic E-state index is 12.7. The van der Waals surface area contributed by atoms with E-state index >= 15 is 0 Å². The predicted molar refractivity (Wildman–Crippen MR) is 85.8 cm³/mol.